The maximum absolute atomic E-state index is 14.5. The zero-order chi connectivity index (χ0) is 18.7. The van der Waals surface area contributed by atoms with Crippen LogP contribution in [-0.2, 0) is 14.3 Å². The van der Waals surface area contributed by atoms with Gasteiger partial charge in [0.15, 0.2) is 0 Å². The van der Waals surface area contributed by atoms with Gasteiger partial charge in [0.2, 0.25) is 0 Å². The number of ether oxygens (including phenoxy) is 2. The van der Waals surface area contributed by atoms with Crippen LogP contribution in [-0.4, -0.2) is 56.2 Å². The minimum atomic E-state index is -0.979. The lowest BCUT2D eigenvalue weighted by Gasteiger charge is -2.39. The number of allylic oxidation sites excluding steroid dienone is 1. The van der Waals surface area contributed by atoms with E-state index in [1.807, 2.05) is 0 Å². The number of nitrogens with zero attached hydrogens (tertiary/aromatic N) is 2. The molecule has 1 atom stereocenters. The first kappa shape index (κ1) is 19.2. The molecule has 1 heterocycles. The van der Waals surface area contributed by atoms with Crippen LogP contribution in [0.15, 0.2) is 29.5 Å². The maximum Gasteiger partial charge on any atom is 0.338 e. The number of hydrogen-bond acceptors (Lipinski definition) is 4. The average molecular weight is 371 g/mol. The zero-order valence-corrected chi connectivity index (χ0v) is 15.3. The summed E-state index contributed by atoms with van der Waals surface area (Å²) in [6.45, 7) is 1.89. The van der Waals surface area contributed by atoms with Gasteiger partial charge in [-0.3, -0.25) is 0 Å². The lowest BCUT2D eigenvalue weighted by Crippen LogP contribution is -2.47. The van der Waals surface area contributed by atoms with Crippen LogP contribution >= 0.6 is 11.6 Å². The molecule has 1 aromatic rings. The van der Waals surface area contributed by atoms with Crippen molar-refractivity contribution in [2.45, 2.75) is 13.0 Å². The number of methoxy groups -OCH3 is 1. The first-order valence-corrected chi connectivity index (χ1v) is 8.00. The average Bonchev–Trinajstić information content (AvgIpc) is 2.57. The van der Waals surface area contributed by atoms with E-state index in [1.54, 1.807) is 6.92 Å². The molecule has 0 aliphatic carbocycles. The van der Waals surface area contributed by atoms with Crippen LogP contribution in [0, 0.1) is 5.82 Å². The highest BCUT2D eigenvalue weighted by Gasteiger charge is 2.41. The quantitative estimate of drug-likeness (QED) is 0.590. The van der Waals surface area contributed by atoms with E-state index in [0.29, 0.717) is 5.70 Å². The fourth-order valence-electron chi connectivity index (χ4n) is 2.73. The third kappa shape index (κ3) is 3.62. The van der Waals surface area contributed by atoms with Crippen molar-refractivity contribution in [1.29, 1.82) is 0 Å². The fourth-order valence-corrected chi connectivity index (χ4v) is 2.99. The van der Waals surface area contributed by atoms with E-state index in [1.165, 1.54) is 49.2 Å². The van der Waals surface area contributed by atoms with Crippen molar-refractivity contribution >= 4 is 23.6 Å². The number of carbonyl (C=O) groups is 2. The van der Waals surface area contributed by atoms with Gasteiger partial charge in [-0.2, -0.15) is 0 Å². The third-order valence-electron chi connectivity index (χ3n) is 4.16. The summed E-state index contributed by atoms with van der Waals surface area (Å²) in [6.07, 6.45) is 0. The van der Waals surface area contributed by atoms with Crippen molar-refractivity contribution in [1.82, 2.24) is 9.80 Å². The predicted molar refractivity (Wildman–Crippen MR) is 90.6 cm³/mol. The molecule has 25 heavy (non-hydrogen) atoms. The highest BCUT2D eigenvalue weighted by Crippen LogP contribution is 2.40. The Labute approximate surface area is 150 Å². The molecule has 1 aromatic carbocycles. The Bertz CT molecular complexity index is 702. The van der Waals surface area contributed by atoms with Crippen LogP contribution in [0.2, 0.25) is 5.02 Å². The molecule has 136 valence electrons. The molecule has 2 rings (SSSR count). The zero-order valence-electron chi connectivity index (χ0n) is 14.5. The standard InChI is InChI=1S/C17H20ClFN2O4/c1-10-13(16(22)25-9-8-24-4)15(21(3)17(23)20(10)2)14-11(18)6-5-7-12(14)19/h5-7,15H,8-9H2,1-4H3/t15-/m1/s1. The number of hydrogen-bond donors (Lipinski definition) is 0. The topological polar surface area (TPSA) is 59.1 Å². The molecule has 0 saturated heterocycles. The first-order valence-electron chi connectivity index (χ1n) is 7.62. The van der Waals surface area contributed by atoms with Gasteiger partial charge in [-0.05, 0) is 19.1 Å². The molecule has 6 nitrogen and oxygen atoms in total. The minimum Gasteiger partial charge on any atom is -0.460 e. The number of rotatable bonds is 5. The van der Waals surface area contributed by atoms with Crippen molar-refractivity contribution in [2.24, 2.45) is 0 Å². The smallest absolute Gasteiger partial charge is 0.338 e. The fraction of sp³-hybridized carbons (Fsp3) is 0.412. The number of halogens is 2. The van der Waals surface area contributed by atoms with Crippen LogP contribution in [0.1, 0.15) is 18.5 Å². The van der Waals surface area contributed by atoms with E-state index < -0.39 is 17.8 Å². The summed E-state index contributed by atoms with van der Waals surface area (Å²) in [5.74, 6) is -1.25. The Morgan fingerprint density at radius 1 is 1.32 bits per heavy atom. The number of likely N-dealkylation sites (N-methyl/N-ethyl adjacent to an activating group) is 1. The Morgan fingerprint density at radius 2 is 2.00 bits per heavy atom. The Morgan fingerprint density at radius 3 is 2.60 bits per heavy atom. The van der Waals surface area contributed by atoms with Gasteiger partial charge in [-0.15, -0.1) is 0 Å². The number of benzene rings is 1. The maximum atomic E-state index is 14.5. The molecule has 0 fully saturated rings. The lowest BCUT2D eigenvalue weighted by molar-refractivity contribution is -0.141. The van der Waals surface area contributed by atoms with Gasteiger partial charge < -0.3 is 19.3 Å². The molecular weight excluding hydrogens is 351 g/mol. The van der Waals surface area contributed by atoms with Gasteiger partial charge in [0.25, 0.3) is 0 Å². The number of urea groups is 1. The first-order chi connectivity index (χ1) is 11.8. The van der Waals surface area contributed by atoms with Crippen LogP contribution < -0.4 is 0 Å². The van der Waals surface area contributed by atoms with E-state index >= 15 is 0 Å². The second kappa shape index (κ2) is 7.84. The molecule has 2 amide bonds. The Balaban J connectivity index is 2.56. The molecule has 0 N–H and O–H groups in total. The summed E-state index contributed by atoms with van der Waals surface area (Å²) in [7, 11) is 4.51. The van der Waals surface area contributed by atoms with Crippen LogP contribution in [0.5, 0.6) is 0 Å². The van der Waals surface area contributed by atoms with E-state index in [-0.39, 0.29) is 35.4 Å². The van der Waals surface area contributed by atoms with E-state index in [2.05, 4.69) is 0 Å². The molecular formula is C17H20ClFN2O4. The van der Waals surface area contributed by atoms with Gasteiger partial charge in [0.1, 0.15) is 12.4 Å². The van der Waals surface area contributed by atoms with Gasteiger partial charge in [0, 0.05) is 37.5 Å². The molecule has 0 spiro atoms. The van der Waals surface area contributed by atoms with Gasteiger partial charge in [-0.1, -0.05) is 17.7 Å². The van der Waals surface area contributed by atoms with Crippen molar-refractivity contribution in [3.8, 4) is 0 Å². The SMILES string of the molecule is COCCOC(=O)C1=C(C)N(C)C(=O)N(C)[C@H]1c1c(F)cccc1Cl. The summed E-state index contributed by atoms with van der Waals surface area (Å²) in [5, 5.41) is 0.129. The second-order valence-electron chi connectivity index (χ2n) is 5.62. The van der Waals surface area contributed by atoms with Gasteiger partial charge in [0.05, 0.1) is 18.2 Å². The van der Waals surface area contributed by atoms with Gasteiger partial charge >= 0.3 is 12.0 Å². The number of esters is 1. The molecule has 1 aliphatic rings. The highest BCUT2D eigenvalue weighted by atomic mass is 35.5. The summed E-state index contributed by atoms with van der Waals surface area (Å²) in [4.78, 5) is 27.7. The molecule has 0 aromatic heterocycles. The normalized spacial score (nSPS) is 18.0. The molecule has 8 heteroatoms. The summed E-state index contributed by atoms with van der Waals surface area (Å²) >= 11 is 6.17. The van der Waals surface area contributed by atoms with E-state index in [9.17, 15) is 14.0 Å². The van der Waals surface area contributed by atoms with Gasteiger partial charge in [-0.25, -0.2) is 14.0 Å². The summed E-state index contributed by atoms with van der Waals surface area (Å²) < 4.78 is 24.5. The highest BCUT2D eigenvalue weighted by molar-refractivity contribution is 6.31. The molecule has 0 saturated carbocycles. The van der Waals surface area contributed by atoms with Crippen molar-refractivity contribution < 1.29 is 23.5 Å². The summed E-state index contributed by atoms with van der Waals surface area (Å²) in [5.41, 5.74) is 0.605. The number of amides is 2. The van der Waals surface area contributed by atoms with E-state index in [4.69, 9.17) is 21.1 Å². The van der Waals surface area contributed by atoms with Crippen LogP contribution in [0.3, 0.4) is 0 Å². The van der Waals surface area contributed by atoms with Crippen molar-refractivity contribution in [2.75, 3.05) is 34.4 Å². The monoisotopic (exact) mass is 370 g/mol. The van der Waals surface area contributed by atoms with Crippen LogP contribution in [0.4, 0.5) is 9.18 Å². The van der Waals surface area contributed by atoms with Crippen molar-refractivity contribution in [3.05, 3.63) is 45.9 Å². The molecule has 1 aliphatic heterocycles. The Kier molecular flexibility index (Phi) is 6.02. The number of carbonyl (C=O) groups excluding carboxylic acids is 2. The predicted octanol–water partition coefficient (Wildman–Crippen LogP) is 2.98. The molecule has 0 radical (unpaired) electrons. The van der Waals surface area contributed by atoms with Crippen molar-refractivity contribution in [3.63, 3.8) is 0 Å². The van der Waals surface area contributed by atoms with Crippen LogP contribution in [0.25, 0.3) is 0 Å². The largest absolute Gasteiger partial charge is 0.460 e. The molecule has 0 bridgehead atoms. The lowest BCUT2D eigenvalue weighted by atomic mass is 9.93. The second-order valence-corrected chi connectivity index (χ2v) is 6.03. The Hall–Kier alpha value is -2.12. The summed E-state index contributed by atoms with van der Waals surface area (Å²) in [6, 6.07) is 2.86. The third-order valence-corrected chi connectivity index (χ3v) is 4.49. The van der Waals surface area contributed by atoms with E-state index in [0.717, 1.165) is 0 Å². The molecule has 0 unspecified atom stereocenters. The minimum absolute atomic E-state index is 0.0468.